The molecule has 0 radical (unpaired) electrons. The lowest BCUT2D eigenvalue weighted by molar-refractivity contribution is -0.147. The number of nitrogens with one attached hydrogen (secondary N) is 1. The zero-order valence-corrected chi connectivity index (χ0v) is 14.0. The van der Waals surface area contributed by atoms with Gasteiger partial charge in [-0.1, -0.05) is 43.2 Å². The number of carbonyl (C=O) groups excluding carboxylic acids is 1. The molecule has 2 N–H and O–H groups in total. The molecular weight excluding hydrogens is 294 g/mol. The van der Waals surface area contributed by atoms with Crippen molar-refractivity contribution in [1.29, 1.82) is 0 Å². The Morgan fingerprint density at radius 3 is 2.43 bits per heavy atom. The zero-order valence-electron chi connectivity index (χ0n) is 14.0. The van der Waals surface area contributed by atoms with E-state index in [4.69, 9.17) is 4.74 Å². The lowest BCUT2D eigenvalue weighted by Crippen LogP contribution is -2.60. The number of alkyl carbamates (subject to hydrolysis) is 1. The van der Waals surface area contributed by atoms with Gasteiger partial charge in [0.25, 0.3) is 0 Å². The van der Waals surface area contributed by atoms with E-state index in [0.29, 0.717) is 6.42 Å². The van der Waals surface area contributed by atoms with Gasteiger partial charge in [-0.3, -0.25) is 0 Å². The highest BCUT2D eigenvalue weighted by atomic mass is 16.6. The molecule has 5 heteroatoms. The fourth-order valence-corrected chi connectivity index (χ4v) is 3.25. The third kappa shape index (κ3) is 4.03. The van der Waals surface area contributed by atoms with Crippen LogP contribution < -0.4 is 5.32 Å². The maximum absolute atomic E-state index is 12.2. The smallest absolute Gasteiger partial charge is 0.408 e. The van der Waals surface area contributed by atoms with E-state index < -0.39 is 23.2 Å². The number of carboxylic acids is 1. The van der Waals surface area contributed by atoms with Gasteiger partial charge in [-0.2, -0.15) is 0 Å². The fraction of sp³-hybridized carbons (Fsp3) is 0.556. The molecule has 0 aromatic heterocycles. The van der Waals surface area contributed by atoms with Crippen molar-refractivity contribution in [2.75, 3.05) is 0 Å². The topological polar surface area (TPSA) is 75.6 Å². The second kappa shape index (κ2) is 6.60. The van der Waals surface area contributed by atoms with Crippen LogP contribution in [0.5, 0.6) is 0 Å². The summed E-state index contributed by atoms with van der Waals surface area (Å²) in [5.41, 5.74) is -1.05. The highest BCUT2D eigenvalue weighted by Gasteiger charge is 2.49. The normalized spacial score (nSPS) is 24.7. The molecule has 0 heterocycles. The molecule has 1 aromatic rings. The summed E-state index contributed by atoms with van der Waals surface area (Å²) >= 11 is 0. The summed E-state index contributed by atoms with van der Waals surface area (Å²) in [6, 6.07) is 9.53. The summed E-state index contributed by atoms with van der Waals surface area (Å²) in [5, 5.41) is 12.6. The maximum atomic E-state index is 12.2. The summed E-state index contributed by atoms with van der Waals surface area (Å²) in [5.74, 6) is -1.26. The molecule has 1 amide bonds. The third-order valence-electron chi connectivity index (χ3n) is 4.22. The average Bonchev–Trinajstić information content (AvgIpc) is 2.46. The van der Waals surface area contributed by atoms with Crippen molar-refractivity contribution in [2.45, 2.75) is 63.5 Å². The number of carbonyl (C=O) groups is 2. The van der Waals surface area contributed by atoms with Crippen molar-refractivity contribution in [3.05, 3.63) is 35.9 Å². The second-order valence-corrected chi connectivity index (χ2v) is 7.11. The lowest BCUT2D eigenvalue weighted by Gasteiger charge is -2.41. The van der Waals surface area contributed by atoms with E-state index in [1.165, 1.54) is 0 Å². The number of rotatable bonds is 3. The maximum Gasteiger partial charge on any atom is 0.408 e. The molecule has 126 valence electrons. The Labute approximate surface area is 137 Å². The third-order valence-corrected chi connectivity index (χ3v) is 4.22. The molecule has 1 saturated carbocycles. The van der Waals surface area contributed by atoms with Crippen LogP contribution in [0.2, 0.25) is 0 Å². The van der Waals surface area contributed by atoms with Gasteiger partial charge in [0, 0.05) is 5.92 Å². The Hall–Kier alpha value is -2.04. The van der Waals surface area contributed by atoms with Crippen LogP contribution in [0.25, 0.3) is 0 Å². The Morgan fingerprint density at radius 1 is 1.22 bits per heavy atom. The van der Waals surface area contributed by atoms with Gasteiger partial charge in [-0.05, 0) is 39.2 Å². The largest absolute Gasteiger partial charge is 0.479 e. The number of hydrogen-bond acceptors (Lipinski definition) is 3. The Balaban J connectivity index is 2.32. The van der Waals surface area contributed by atoms with Crippen molar-refractivity contribution >= 4 is 12.1 Å². The van der Waals surface area contributed by atoms with Crippen molar-refractivity contribution < 1.29 is 19.4 Å². The van der Waals surface area contributed by atoms with Gasteiger partial charge in [-0.25, -0.2) is 9.59 Å². The highest BCUT2D eigenvalue weighted by molar-refractivity contribution is 5.86. The monoisotopic (exact) mass is 319 g/mol. The molecule has 1 aliphatic rings. The predicted octanol–water partition coefficient (Wildman–Crippen LogP) is 3.69. The van der Waals surface area contributed by atoms with Crippen LogP contribution >= 0.6 is 0 Å². The van der Waals surface area contributed by atoms with Gasteiger partial charge in [0.15, 0.2) is 0 Å². The van der Waals surface area contributed by atoms with E-state index in [2.05, 4.69) is 5.32 Å². The molecule has 0 bridgehead atoms. The average molecular weight is 319 g/mol. The van der Waals surface area contributed by atoms with E-state index in [1.54, 1.807) is 20.8 Å². The summed E-state index contributed by atoms with van der Waals surface area (Å²) in [7, 11) is 0. The molecule has 1 aliphatic carbocycles. The molecule has 2 rings (SSSR count). The van der Waals surface area contributed by atoms with E-state index in [-0.39, 0.29) is 5.92 Å². The van der Waals surface area contributed by atoms with E-state index in [9.17, 15) is 14.7 Å². The zero-order chi connectivity index (χ0) is 17.1. The Bertz CT molecular complexity index is 564. The van der Waals surface area contributed by atoms with Gasteiger partial charge in [0.2, 0.25) is 0 Å². The summed E-state index contributed by atoms with van der Waals surface area (Å²) < 4.78 is 5.29. The fourth-order valence-electron chi connectivity index (χ4n) is 3.25. The highest BCUT2D eigenvalue weighted by Crippen LogP contribution is 2.41. The molecule has 23 heavy (non-hydrogen) atoms. The Kier molecular flexibility index (Phi) is 4.97. The van der Waals surface area contributed by atoms with Gasteiger partial charge >= 0.3 is 12.1 Å². The van der Waals surface area contributed by atoms with E-state index in [0.717, 1.165) is 24.8 Å². The standard InChI is InChI=1S/C18H25NO4/c1-17(2,3)23-16(22)19-18(15(20)21)12-8-7-11-14(18)13-9-5-4-6-10-13/h4-6,9-10,14H,7-8,11-12H2,1-3H3,(H,19,22)(H,20,21)/t14-,18?/m1/s1. The van der Waals surface area contributed by atoms with E-state index >= 15 is 0 Å². The number of benzene rings is 1. The predicted molar refractivity (Wildman–Crippen MR) is 87.4 cm³/mol. The van der Waals surface area contributed by atoms with Crippen LogP contribution in [0.4, 0.5) is 4.79 Å². The number of carboxylic acid groups (broad SMARTS) is 1. The lowest BCUT2D eigenvalue weighted by atomic mass is 9.69. The SMILES string of the molecule is CC(C)(C)OC(=O)NC1(C(=O)O)CCCC[C@@H]1c1ccccc1. The molecule has 1 unspecified atom stereocenters. The minimum atomic E-state index is -1.32. The van der Waals surface area contributed by atoms with Crippen LogP contribution in [0.1, 0.15) is 57.9 Å². The first kappa shape index (κ1) is 17.3. The second-order valence-electron chi connectivity index (χ2n) is 7.11. The van der Waals surface area contributed by atoms with Crippen LogP contribution in [-0.2, 0) is 9.53 Å². The van der Waals surface area contributed by atoms with Crippen LogP contribution in [-0.4, -0.2) is 28.3 Å². The molecule has 1 aromatic carbocycles. The van der Waals surface area contributed by atoms with Gasteiger partial charge in [0.1, 0.15) is 11.1 Å². The van der Waals surface area contributed by atoms with Gasteiger partial charge in [0.05, 0.1) is 0 Å². The van der Waals surface area contributed by atoms with Crippen molar-refractivity contribution in [3.63, 3.8) is 0 Å². The van der Waals surface area contributed by atoms with Crippen LogP contribution in [0.15, 0.2) is 30.3 Å². The minimum Gasteiger partial charge on any atom is -0.479 e. The first-order chi connectivity index (χ1) is 10.7. The molecular formula is C18H25NO4. The van der Waals surface area contributed by atoms with E-state index in [1.807, 2.05) is 30.3 Å². The number of ether oxygens (including phenoxy) is 1. The Morgan fingerprint density at radius 2 is 1.87 bits per heavy atom. The number of aliphatic carboxylic acids is 1. The first-order valence-corrected chi connectivity index (χ1v) is 8.04. The molecule has 0 spiro atoms. The van der Waals surface area contributed by atoms with Gasteiger partial charge < -0.3 is 15.2 Å². The summed E-state index contributed by atoms with van der Waals surface area (Å²) in [4.78, 5) is 24.3. The van der Waals surface area contributed by atoms with Crippen molar-refractivity contribution in [2.24, 2.45) is 0 Å². The quantitative estimate of drug-likeness (QED) is 0.891. The summed E-state index contributed by atoms with van der Waals surface area (Å²) in [6.45, 7) is 5.28. The van der Waals surface area contributed by atoms with Crippen molar-refractivity contribution in [3.8, 4) is 0 Å². The first-order valence-electron chi connectivity index (χ1n) is 8.04. The molecule has 1 fully saturated rings. The number of hydrogen-bond donors (Lipinski definition) is 2. The van der Waals surface area contributed by atoms with Crippen molar-refractivity contribution in [1.82, 2.24) is 5.32 Å². The summed E-state index contributed by atoms with van der Waals surface area (Å²) in [6.07, 6.45) is 2.17. The molecule has 0 aliphatic heterocycles. The van der Waals surface area contributed by atoms with Crippen LogP contribution in [0, 0.1) is 0 Å². The number of amides is 1. The molecule has 0 saturated heterocycles. The minimum absolute atomic E-state index is 0.262. The molecule has 5 nitrogen and oxygen atoms in total. The van der Waals surface area contributed by atoms with Crippen LogP contribution in [0.3, 0.4) is 0 Å². The van der Waals surface area contributed by atoms with Gasteiger partial charge in [-0.15, -0.1) is 0 Å². The molecule has 2 atom stereocenters.